The smallest absolute Gasteiger partial charge is 0.227 e. The molecule has 0 aliphatic heterocycles. The van der Waals surface area contributed by atoms with E-state index >= 15 is 0 Å². The zero-order valence-electron chi connectivity index (χ0n) is 13.9. The van der Waals surface area contributed by atoms with Gasteiger partial charge in [0.25, 0.3) is 0 Å². The number of carbonyl (C=O) groups excluding carboxylic acids is 1. The van der Waals surface area contributed by atoms with Crippen molar-refractivity contribution in [2.45, 2.75) is 30.6 Å². The average Bonchev–Trinajstić information content (AvgIpc) is 3.18. The Morgan fingerprint density at radius 3 is 2.42 bits per heavy atom. The zero-order chi connectivity index (χ0) is 17.2. The van der Waals surface area contributed by atoms with E-state index in [-0.39, 0.29) is 11.8 Å². The number of amides is 1. The number of benzene rings is 2. The number of para-hydroxylation sites is 1. The zero-order valence-corrected chi connectivity index (χ0v) is 14.7. The van der Waals surface area contributed by atoms with E-state index in [0.29, 0.717) is 0 Å². The Morgan fingerprint density at radius 1 is 1.12 bits per heavy atom. The van der Waals surface area contributed by atoms with Crippen LogP contribution in [0.15, 0.2) is 59.5 Å². The molecular formula is C19H24N2O2S. The topological polar surface area (TPSA) is 64.3 Å². The fourth-order valence-electron chi connectivity index (χ4n) is 2.64. The van der Waals surface area contributed by atoms with Crippen molar-refractivity contribution in [1.82, 2.24) is 0 Å². The summed E-state index contributed by atoms with van der Waals surface area (Å²) in [7, 11) is 1.66. The third-order valence-electron chi connectivity index (χ3n) is 3.94. The van der Waals surface area contributed by atoms with Gasteiger partial charge >= 0.3 is 0 Å². The van der Waals surface area contributed by atoms with Crippen molar-refractivity contribution in [3.8, 4) is 5.75 Å². The van der Waals surface area contributed by atoms with Crippen LogP contribution < -0.4 is 15.2 Å². The molecule has 2 aromatic carbocycles. The highest BCUT2D eigenvalue weighted by Gasteiger charge is 2.22. The van der Waals surface area contributed by atoms with Crippen molar-refractivity contribution >= 4 is 23.5 Å². The Balaban J connectivity index is 0.000000219. The summed E-state index contributed by atoms with van der Waals surface area (Å²) in [5.41, 5.74) is 0.840. The number of rotatable bonds is 4. The summed E-state index contributed by atoms with van der Waals surface area (Å²) in [4.78, 5) is 12.8. The van der Waals surface area contributed by atoms with Gasteiger partial charge in [-0.3, -0.25) is 9.93 Å². The Hall–Kier alpha value is -1.98. The predicted octanol–water partition coefficient (Wildman–Crippen LogP) is 4.48. The number of hydrogen-bond donors (Lipinski definition) is 2. The van der Waals surface area contributed by atoms with Crippen LogP contribution in [-0.4, -0.2) is 13.0 Å². The average molecular weight is 344 g/mol. The van der Waals surface area contributed by atoms with Gasteiger partial charge in [0, 0.05) is 16.5 Å². The highest BCUT2D eigenvalue weighted by Crippen LogP contribution is 2.26. The molecular weight excluding hydrogens is 320 g/mol. The first kappa shape index (κ1) is 18.4. The molecule has 5 heteroatoms. The molecule has 1 aliphatic rings. The summed E-state index contributed by atoms with van der Waals surface area (Å²) in [6.45, 7) is 0. The van der Waals surface area contributed by atoms with E-state index in [4.69, 9.17) is 9.88 Å². The summed E-state index contributed by atoms with van der Waals surface area (Å²) in [5.74, 6) is 1.26. The van der Waals surface area contributed by atoms with Crippen LogP contribution in [0.1, 0.15) is 25.7 Å². The molecule has 2 aromatic rings. The minimum atomic E-state index is 0.150. The van der Waals surface area contributed by atoms with E-state index in [2.05, 4.69) is 5.32 Å². The lowest BCUT2D eigenvalue weighted by molar-refractivity contribution is -0.119. The molecule has 0 bridgehead atoms. The van der Waals surface area contributed by atoms with Crippen LogP contribution in [0.4, 0.5) is 5.69 Å². The molecule has 0 heterocycles. The van der Waals surface area contributed by atoms with Crippen molar-refractivity contribution in [2.24, 2.45) is 11.1 Å². The van der Waals surface area contributed by atoms with Crippen LogP contribution in [-0.2, 0) is 4.79 Å². The number of hydrogen-bond acceptors (Lipinski definition) is 4. The van der Waals surface area contributed by atoms with Crippen LogP contribution in [0.5, 0.6) is 5.75 Å². The van der Waals surface area contributed by atoms with E-state index in [1.807, 2.05) is 54.6 Å². The molecule has 1 fully saturated rings. The monoisotopic (exact) mass is 344 g/mol. The van der Waals surface area contributed by atoms with Gasteiger partial charge in [-0.25, -0.2) is 0 Å². The Bertz CT molecular complexity index is 628. The Morgan fingerprint density at radius 2 is 1.83 bits per heavy atom. The van der Waals surface area contributed by atoms with Crippen LogP contribution in [0.25, 0.3) is 0 Å². The van der Waals surface area contributed by atoms with Gasteiger partial charge in [0.1, 0.15) is 5.75 Å². The molecule has 0 aromatic heterocycles. The van der Waals surface area contributed by atoms with Crippen LogP contribution in [0, 0.1) is 5.92 Å². The van der Waals surface area contributed by atoms with Crippen molar-refractivity contribution in [3.63, 3.8) is 0 Å². The maximum atomic E-state index is 11.9. The van der Waals surface area contributed by atoms with Crippen molar-refractivity contribution < 1.29 is 9.53 Å². The third kappa shape index (κ3) is 5.91. The van der Waals surface area contributed by atoms with Crippen molar-refractivity contribution in [3.05, 3.63) is 54.6 Å². The molecule has 3 rings (SSSR count). The molecule has 3 N–H and O–H groups in total. The second-order valence-electron chi connectivity index (χ2n) is 5.63. The number of anilines is 1. The van der Waals surface area contributed by atoms with E-state index in [9.17, 15) is 4.79 Å². The first-order chi connectivity index (χ1) is 11.7. The second kappa shape index (κ2) is 10.0. The largest absolute Gasteiger partial charge is 0.497 e. The fourth-order valence-corrected chi connectivity index (χ4v) is 2.99. The fraction of sp³-hybridized carbons (Fsp3) is 0.316. The summed E-state index contributed by atoms with van der Waals surface area (Å²) in [6, 6.07) is 17.3. The van der Waals surface area contributed by atoms with Gasteiger partial charge in [0.2, 0.25) is 5.91 Å². The number of nitrogens with one attached hydrogen (secondary N) is 1. The highest BCUT2D eigenvalue weighted by atomic mass is 32.2. The molecule has 128 valence electrons. The first-order valence-electron chi connectivity index (χ1n) is 8.09. The molecule has 1 saturated carbocycles. The van der Waals surface area contributed by atoms with Gasteiger partial charge in [0.15, 0.2) is 0 Å². The van der Waals surface area contributed by atoms with E-state index in [1.54, 1.807) is 7.11 Å². The van der Waals surface area contributed by atoms with Crippen LogP contribution >= 0.6 is 11.9 Å². The van der Waals surface area contributed by atoms with Gasteiger partial charge in [-0.05, 0) is 55.1 Å². The van der Waals surface area contributed by atoms with Crippen molar-refractivity contribution in [1.29, 1.82) is 0 Å². The van der Waals surface area contributed by atoms with Crippen LogP contribution in [0.2, 0.25) is 0 Å². The minimum Gasteiger partial charge on any atom is -0.497 e. The first-order valence-corrected chi connectivity index (χ1v) is 8.97. The number of methoxy groups -OCH3 is 1. The Kier molecular flexibility index (Phi) is 7.65. The van der Waals surface area contributed by atoms with Crippen LogP contribution in [0.3, 0.4) is 0 Å². The maximum absolute atomic E-state index is 11.9. The van der Waals surface area contributed by atoms with Gasteiger partial charge in [-0.1, -0.05) is 37.1 Å². The van der Waals surface area contributed by atoms with Gasteiger partial charge in [-0.15, -0.1) is 0 Å². The summed E-state index contributed by atoms with van der Waals surface area (Å²) < 4.78 is 4.91. The molecule has 4 nitrogen and oxygen atoms in total. The number of carbonyl (C=O) groups is 1. The third-order valence-corrected chi connectivity index (χ3v) is 4.47. The SMILES string of the molecule is COc1ccccc1.NSc1cccc(NC(=O)C2CCCC2)c1. The lowest BCUT2D eigenvalue weighted by atomic mass is 10.1. The van der Waals surface area contributed by atoms with Crippen molar-refractivity contribution in [2.75, 3.05) is 12.4 Å². The van der Waals surface area contributed by atoms with E-state index in [1.165, 1.54) is 24.8 Å². The molecule has 0 atom stereocenters. The maximum Gasteiger partial charge on any atom is 0.227 e. The molecule has 24 heavy (non-hydrogen) atoms. The minimum absolute atomic E-state index is 0.150. The predicted molar refractivity (Wildman–Crippen MR) is 100 cm³/mol. The highest BCUT2D eigenvalue weighted by molar-refractivity contribution is 7.97. The second-order valence-corrected chi connectivity index (χ2v) is 6.34. The number of ether oxygens (including phenoxy) is 1. The molecule has 0 radical (unpaired) electrons. The molecule has 1 aliphatic carbocycles. The van der Waals surface area contributed by atoms with Gasteiger partial charge in [0.05, 0.1) is 7.11 Å². The van der Waals surface area contributed by atoms with Gasteiger partial charge < -0.3 is 10.1 Å². The molecule has 0 saturated heterocycles. The number of nitrogens with two attached hydrogens (primary N) is 1. The summed E-state index contributed by atoms with van der Waals surface area (Å²) in [5, 5.41) is 8.43. The lowest BCUT2D eigenvalue weighted by Crippen LogP contribution is -2.20. The quantitative estimate of drug-likeness (QED) is 0.803. The summed E-state index contributed by atoms with van der Waals surface area (Å²) >= 11 is 1.19. The van der Waals surface area contributed by atoms with E-state index < -0.39 is 0 Å². The summed E-state index contributed by atoms with van der Waals surface area (Å²) in [6.07, 6.45) is 4.40. The van der Waals surface area contributed by atoms with Gasteiger partial charge in [-0.2, -0.15) is 0 Å². The molecule has 0 spiro atoms. The Labute approximate surface area is 147 Å². The standard InChI is InChI=1S/C12H16N2OS.C7H8O/c13-16-11-7-3-6-10(8-11)14-12(15)9-4-1-2-5-9;1-8-7-5-3-2-4-6-7/h3,6-9H,1-2,4-5,13H2,(H,14,15);2-6H,1H3. The normalized spacial score (nSPS) is 13.8. The van der Waals surface area contributed by atoms with E-state index in [0.717, 1.165) is 29.2 Å². The lowest BCUT2D eigenvalue weighted by Gasteiger charge is -2.10. The molecule has 0 unspecified atom stereocenters. The molecule has 1 amide bonds.